The predicted octanol–water partition coefficient (Wildman–Crippen LogP) is 4.95. The first-order valence-corrected chi connectivity index (χ1v) is 11.2. The number of phenolic OH excluding ortho intramolecular Hbond substituents is 1. The standard InChI is InChI=1S/C28H21NO6/c1-29-14-16(17-5-3-4-6-20(17)29)12-24-27(32)18-8-10-23-26(28(18)35-24)19(13-25(31)34-23)15-7-9-22(33-2)21(30)11-15/h3-12,14,19,30H,13H2,1-2H3/b24-12-/t19-/m1/s1. The minimum absolute atomic E-state index is 0.0356. The molecule has 1 atom stereocenters. The molecule has 0 amide bonds. The van der Waals surface area contributed by atoms with Gasteiger partial charge in [-0.15, -0.1) is 0 Å². The zero-order valence-electron chi connectivity index (χ0n) is 19.1. The van der Waals surface area contributed by atoms with E-state index in [0.29, 0.717) is 33.9 Å². The van der Waals surface area contributed by atoms with Gasteiger partial charge in [0.25, 0.3) is 0 Å². The average molecular weight is 467 g/mol. The van der Waals surface area contributed by atoms with Gasteiger partial charge in [0.1, 0.15) is 11.5 Å². The van der Waals surface area contributed by atoms with E-state index in [9.17, 15) is 14.7 Å². The van der Waals surface area contributed by atoms with E-state index >= 15 is 0 Å². The number of aromatic hydroxyl groups is 1. The quantitative estimate of drug-likeness (QED) is 0.261. The van der Waals surface area contributed by atoms with Gasteiger partial charge >= 0.3 is 5.97 Å². The van der Waals surface area contributed by atoms with Gasteiger partial charge in [-0.2, -0.15) is 0 Å². The number of esters is 1. The number of hydrogen-bond donors (Lipinski definition) is 1. The Morgan fingerprint density at radius 3 is 2.71 bits per heavy atom. The summed E-state index contributed by atoms with van der Waals surface area (Å²) in [5, 5.41) is 11.3. The molecule has 3 aromatic carbocycles. The van der Waals surface area contributed by atoms with Crippen molar-refractivity contribution in [2.24, 2.45) is 7.05 Å². The van der Waals surface area contributed by atoms with Gasteiger partial charge in [0.15, 0.2) is 17.3 Å². The second kappa shape index (κ2) is 7.77. The molecule has 0 saturated carbocycles. The number of para-hydroxylation sites is 1. The van der Waals surface area contributed by atoms with Crippen LogP contribution in [0.15, 0.2) is 66.6 Å². The first-order valence-electron chi connectivity index (χ1n) is 11.2. The lowest BCUT2D eigenvalue weighted by Crippen LogP contribution is -2.21. The zero-order valence-corrected chi connectivity index (χ0v) is 19.1. The van der Waals surface area contributed by atoms with E-state index in [1.54, 1.807) is 36.4 Å². The highest BCUT2D eigenvalue weighted by molar-refractivity contribution is 6.15. The number of aromatic nitrogens is 1. The normalized spacial score (nSPS) is 17.8. The number of benzene rings is 3. The molecule has 0 unspecified atom stereocenters. The van der Waals surface area contributed by atoms with Crippen molar-refractivity contribution >= 4 is 28.7 Å². The molecule has 0 bridgehead atoms. The van der Waals surface area contributed by atoms with Crippen molar-refractivity contribution in [1.29, 1.82) is 0 Å². The number of methoxy groups -OCH3 is 1. The van der Waals surface area contributed by atoms with Gasteiger partial charge in [-0.3, -0.25) is 9.59 Å². The van der Waals surface area contributed by atoms with Crippen LogP contribution in [0, 0.1) is 0 Å². The van der Waals surface area contributed by atoms with Crippen LogP contribution >= 0.6 is 0 Å². The van der Waals surface area contributed by atoms with Gasteiger partial charge in [-0.05, 0) is 42.0 Å². The topological polar surface area (TPSA) is 87.0 Å². The SMILES string of the molecule is COc1ccc([C@H]2CC(=O)Oc3ccc4c(c32)O/C(=C\c2cn(C)c3ccccc23)C4=O)cc1O. The fraction of sp³-hybridized carbons (Fsp3) is 0.143. The van der Waals surface area contributed by atoms with Gasteiger partial charge in [-0.1, -0.05) is 24.3 Å². The molecular formula is C28H21NO6. The predicted molar refractivity (Wildman–Crippen MR) is 129 cm³/mol. The van der Waals surface area contributed by atoms with E-state index in [1.807, 2.05) is 42.1 Å². The summed E-state index contributed by atoms with van der Waals surface area (Å²) in [5.41, 5.74) is 3.64. The molecule has 0 radical (unpaired) electrons. The van der Waals surface area contributed by atoms with Crippen molar-refractivity contribution in [2.45, 2.75) is 12.3 Å². The minimum Gasteiger partial charge on any atom is -0.504 e. The largest absolute Gasteiger partial charge is 0.504 e. The fourth-order valence-electron chi connectivity index (χ4n) is 4.94. The van der Waals surface area contributed by atoms with Crippen molar-refractivity contribution in [3.63, 3.8) is 0 Å². The lowest BCUT2D eigenvalue weighted by atomic mass is 9.84. The van der Waals surface area contributed by atoms with E-state index < -0.39 is 11.9 Å². The molecule has 1 N–H and O–H groups in total. The Labute approximate surface area is 200 Å². The number of aryl methyl sites for hydroxylation is 1. The second-order valence-corrected chi connectivity index (χ2v) is 8.67. The number of Topliss-reactive ketones (excluding diaryl/α,β-unsaturated/α-hetero) is 1. The van der Waals surface area contributed by atoms with Crippen LogP contribution in [0.4, 0.5) is 0 Å². The Hall–Kier alpha value is -4.52. The number of hydrogen-bond acceptors (Lipinski definition) is 6. The molecule has 7 nitrogen and oxygen atoms in total. The summed E-state index contributed by atoms with van der Waals surface area (Å²) < 4.78 is 18.8. The maximum atomic E-state index is 13.3. The molecule has 2 aliphatic heterocycles. The highest BCUT2D eigenvalue weighted by Crippen LogP contribution is 2.49. The average Bonchev–Trinajstić information content (AvgIpc) is 3.35. The number of carbonyl (C=O) groups is 2. The third-order valence-electron chi connectivity index (χ3n) is 6.60. The maximum Gasteiger partial charge on any atom is 0.312 e. The third-order valence-corrected chi connectivity index (χ3v) is 6.60. The van der Waals surface area contributed by atoms with Crippen LogP contribution in [-0.2, 0) is 11.8 Å². The Balaban J connectivity index is 1.46. The van der Waals surface area contributed by atoms with Crippen LogP contribution in [0.25, 0.3) is 17.0 Å². The molecule has 174 valence electrons. The van der Waals surface area contributed by atoms with Gasteiger partial charge in [-0.25, -0.2) is 0 Å². The molecular weight excluding hydrogens is 446 g/mol. The molecule has 1 aromatic heterocycles. The summed E-state index contributed by atoms with van der Waals surface area (Å²) in [6.45, 7) is 0. The van der Waals surface area contributed by atoms with Crippen molar-refractivity contribution in [1.82, 2.24) is 4.57 Å². The smallest absolute Gasteiger partial charge is 0.312 e. The summed E-state index contributed by atoms with van der Waals surface area (Å²) in [4.78, 5) is 25.7. The lowest BCUT2D eigenvalue weighted by molar-refractivity contribution is -0.135. The number of nitrogens with zero attached hydrogens (tertiary/aromatic N) is 1. The fourth-order valence-corrected chi connectivity index (χ4v) is 4.94. The number of ether oxygens (including phenoxy) is 3. The number of rotatable bonds is 3. The summed E-state index contributed by atoms with van der Waals surface area (Å²) in [5.74, 6) is 0.147. The summed E-state index contributed by atoms with van der Waals surface area (Å²) >= 11 is 0. The van der Waals surface area contributed by atoms with E-state index in [0.717, 1.165) is 16.5 Å². The number of allylic oxidation sites excluding steroid dienone is 1. The van der Waals surface area contributed by atoms with Crippen LogP contribution in [-0.4, -0.2) is 28.5 Å². The number of carbonyl (C=O) groups excluding carboxylic acids is 2. The molecule has 0 aliphatic carbocycles. The molecule has 35 heavy (non-hydrogen) atoms. The monoisotopic (exact) mass is 467 g/mol. The van der Waals surface area contributed by atoms with Crippen molar-refractivity contribution in [3.05, 3.63) is 88.8 Å². The summed E-state index contributed by atoms with van der Waals surface area (Å²) in [6.07, 6.45) is 3.76. The molecule has 6 rings (SSSR count). The Morgan fingerprint density at radius 1 is 1.09 bits per heavy atom. The van der Waals surface area contributed by atoms with E-state index in [2.05, 4.69) is 0 Å². The van der Waals surface area contributed by atoms with Crippen LogP contribution in [0.1, 0.15) is 39.4 Å². The molecule has 0 fully saturated rings. The second-order valence-electron chi connectivity index (χ2n) is 8.67. The van der Waals surface area contributed by atoms with Crippen LogP contribution in [0.3, 0.4) is 0 Å². The number of ketones is 1. The van der Waals surface area contributed by atoms with E-state index in [1.165, 1.54) is 7.11 Å². The number of fused-ring (bicyclic) bond motifs is 4. The summed E-state index contributed by atoms with van der Waals surface area (Å²) in [7, 11) is 3.42. The highest BCUT2D eigenvalue weighted by Gasteiger charge is 2.38. The van der Waals surface area contributed by atoms with Crippen LogP contribution in [0.5, 0.6) is 23.0 Å². The van der Waals surface area contributed by atoms with Gasteiger partial charge in [0, 0.05) is 41.2 Å². The first kappa shape index (κ1) is 21.0. The van der Waals surface area contributed by atoms with Gasteiger partial charge in [0.2, 0.25) is 5.78 Å². The molecule has 0 saturated heterocycles. The molecule has 2 aliphatic rings. The van der Waals surface area contributed by atoms with Crippen molar-refractivity contribution in [3.8, 4) is 23.0 Å². The third kappa shape index (κ3) is 3.27. The molecule has 4 aromatic rings. The van der Waals surface area contributed by atoms with E-state index in [-0.39, 0.29) is 23.7 Å². The minimum atomic E-state index is -0.456. The Kier molecular flexibility index (Phi) is 4.67. The van der Waals surface area contributed by atoms with Crippen molar-refractivity contribution in [2.75, 3.05) is 7.11 Å². The molecule has 7 heteroatoms. The Morgan fingerprint density at radius 2 is 1.91 bits per heavy atom. The first-order chi connectivity index (χ1) is 16.9. The zero-order chi connectivity index (χ0) is 24.3. The van der Waals surface area contributed by atoms with Crippen LogP contribution < -0.4 is 14.2 Å². The van der Waals surface area contributed by atoms with E-state index in [4.69, 9.17) is 14.2 Å². The number of phenols is 1. The summed E-state index contributed by atoms with van der Waals surface area (Å²) in [6, 6.07) is 16.2. The lowest BCUT2D eigenvalue weighted by Gasteiger charge is -2.26. The van der Waals surface area contributed by atoms with Crippen LogP contribution in [0.2, 0.25) is 0 Å². The molecule has 3 heterocycles. The maximum absolute atomic E-state index is 13.3. The highest BCUT2D eigenvalue weighted by atomic mass is 16.5. The Bertz CT molecular complexity index is 1580. The van der Waals surface area contributed by atoms with Crippen molar-refractivity contribution < 1.29 is 28.9 Å². The molecule has 0 spiro atoms. The van der Waals surface area contributed by atoms with Gasteiger partial charge < -0.3 is 23.9 Å². The van der Waals surface area contributed by atoms with Gasteiger partial charge in [0.05, 0.1) is 19.1 Å².